The number of halogens is 1. The molecule has 1 saturated heterocycles. The first-order chi connectivity index (χ1) is 10.5. The molecule has 0 bridgehead atoms. The van der Waals surface area contributed by atoms with Gasteiger partial charge in [0, 0.05) is 18.7 Å². The lowest BCUT2D eigenvalue weighted by molar-refractivity contribution is -0.153. The quantitative estimate of drug-likeness (QED) is 0.876. The summed E-state index contributed by atoms with van der Waals surface area (Å²) in [5.74, 6) is -0.375. The van der Waals surface area contributed by atoms with Crippen molar-refractivity contribution in [3.05, 3.63) is 29.6 Å². The van der Waals surface area contributed by atoms with Crippen LogP contribution in [0.15, 0.2) is 18.2 Å². The maximum Gasteiger partial charge on any atom is 0.310 e. The lowest BCUT2D eigenvalue weighted by Gasteiger charge is -2.40. The van der Waals surface area contributed by atoms with Crippen LogP contribution in [-0.2, 0) is 11.3 Å². The Morgan fingerprint density at radius 2 is 2.27 bits per heavy atom. The van der Waals surface area contributed by atoms with Gasteiger partial charge in [0.1, 0.15) is 11.6 Å². The minimum Gasteiger partial charge on any atom is -0.496 e. The lowest BCUT2D eigenvalue weighted by atomic mass is 9.76. The number of hydrogen-bond acceptors (Lipinski definition) is 3. The molecule has 1 heterocycles. The van der Waals surface area contributed by atoms with E-state index in [4.69, 9.17) is 4.74 Å². The van der Waals surface area contributed by atoms with Crippen LogP contribution in [0.1, 0.15) is 38.2 Å². The van der Waals surface area contributed by atoms with E-state index in [1.165, 1.54) is 12.1 Å². The Morgan fingerprint density at radius 3 is 2.91 bits per heavy atom. The third-order valence-electron chi connectivity index (χ3n) is 4.47. The zero-order valence-corrected chi connectivity index (χ0v) is 13.3. The predicted molar refractivity (Wildman–Crippen MR) is 82.4 cm³/mol. The van der Waals surface area contributed by atoms with Gasteiger partial charge in [0.15, 0.2) is 0 Å². The average molecular weight is 309 g/mol. The fourth-order valence-corrected chi connectivity index (χ4v) is 3.44. The zero-order chi connectivity index (χ0) is 16.2. The van der Waals surface area contributed by atoms with Gasteiger partial charge >= 0.3 is 5.97 Å². The molecule has 0 aliphatic carbocycles. The topological polar surface area (TPSA) is 49.8 Å². The molecule has 5 heteroatoms. The van der Waals surface area contributed by atoms with Crippen LogP contribution in [0.2, 0.25) is 0 Å². The summed E-state index contributed by atoms with van der Waals surface area (Å²) in [6, 6.07) is 4.46. The van der Waals surface area contributed by atoms with Crippen LogP contribution in [0.3, 0.4) is 0 Å². The molecule has 4 nitrogen and oxygen atoms in total. The number of benzene rings is 1. The van der Waals surface area contributed by atoms with Crippen LogP contribution in [0.5, 0.6) is 5.75 Å². The van der Waals surface area contributed by atoms with Crippen molar-refractivity contribution in [3.63, 3.8) is 0 Å². The highest BCUT2D eigenvalue weighted by Crippen LogP contribution is 2.36. The van der Waals surface area contributed by atoms with E-state index in [0.29, 0.717) is 31.7 Å². The minimum absolute atomic E-state index is 0.300. The van der Waals surface area contributed by atoms with Gasteiger partial charge in [-0.05, 0) is 44.0 Å². The fraction of sp³-hybridized carbons (Fsp3) is 0.588. The van der Waals surface area contributed by atoms with E-state index in [1.807, 2.05) is 6.92 Å². The van der Waals surface area contributed by atoms with Crippen molar-refractivity contribution in [2.24, 2.45) is 5.41 Å². The number of ether oxygens (including phenoxy) is 1. The van der Waals surface area contributed by atoms with Crippen molar-refractivity contribution in [1.82, 2.24) is 4.90 Å². The van der Waals surface area contributed by atoms with Crippen LogP contribution in [0.4, 0.5) is 4.39 Å². The molecular weight excluding hydrogens is 285 g/mol. The molecule has 1 aliphatic rings. The molecule has 1 aromatic carbocycles. The third kappa shape index (κ3) is 3.58. The molecule has 1 unspecified atom stereocenters. The van der Waals surface area contributed by atoms with Crippen LogP contribution in [0.25, 0.3) is 0 Å². The van der Waals surface area contributed by atoms with E-state index in [2.05, 4.69) is 4.90 Å². The zero-order valence-electron chi connectivity index (χ0n) is 13.3. The van der Waals surface area contributed by atoms with Gasteiger partial charge in [0.2, 0.25) is 0 Å². The minimum atomic E-state index is -0.717. The highest BCUT2D eigenvalue weighted by Gasteiger charge is 2.41. The summed E-state index contributed by atoms with van der Waals surface area (Å²) >= 11 is 0. The summed E-state index contributed by atoms with van der Waals surface area (Å²) in [4.78, 5) is 13.8. The van der Waals surface area contributed by atoms with Crippen molar-refractivity contribution in [3.8, 4) is 5.75 Å². The van der Waals surface area contributed by atoms with E-state index in [1.54, 1.807) is 13.2 Å². The van der Waals surface area contributed by atoms with Gasteiger partial charge in [-0.1, -0.05) is 13.3 Å². The molecule has 0 amide bonds. The summed E-state index contributed by atoms with van der Waals surface area (Å²) in [5, 5.41) is 9.64. The summed E-state index contributed by atoms with van der Waals surface area (Å²) in [5.41, 5.74) is 0.0910. The maximum absolute atomic E-state index is 13.5. The van der Waals surface area contributed by atoms with Crippen LogP contribution in [0, 0.1) is 11.2 Å². The molecule has 0 aromatic heterocycles. The smallest absolute Gasteiger partial charge is 0.310 e. The SMILES string of the molecule is CCCC1(C(=O)O)CCCN(Cc2cc(F)ccc2OC)C1. The molecule has 1 aromatic rings. The number of rotatable bonds is 6. The first kappa shape index (κ1) is 16.7. The number of aliphatic carboxylic acids is 1. The standard InChI is InChI=1S/C17H24FNO3/c1-3-7-17(16(20)21)8-4-9-19(12-17)11-13-10-14(18)5-6-15(13)22-2/h5-6,10H,3-4,7-9,11-12H2,1-2H3,(H,20,21). The predicted octanol–water partition coefficient (Wildman–Crippen LogP) is 3.30. The second-order valence-corrected chi connectivity index (χ2v) is 6.11. The van der Waals surface area contributed by atoms with Crippen LogP contribution >= 0.6 is 0 Å². The van der Waals surface area contributed by atoms with Crippen molar-refractivity contribution >= 4 is 5.97 Å². The highest BCUT2D eigenvalue weighted by atomic mass is 19.1. The Balaban J connectivity index is 2.16. The highest BCUT2D eigenvalue weighted by molar-refractivity contribution is 5.75. The van der Waals surface area contributed by atoms with Crippen LogP contribution in [-0.4, -0.2) is 36.2 Å². The second-order valence-electron chi connectivity index (χ2n) is 6.11. The molecule has 2 rings (SSSR count). The van der Waals surface area contributed by atoms with Gasteiger partial charge in [-0.15, -0.1) is 0 Å². The van der Waals surface area contributed by atoms with Crippen molar-refractivity contribution in [2.45, 2.75) is 39.2 Å². The Bertz CT molecular complexity index is 531. The Labute approximate surface area is 130 Å². The maximum atomic E-state index is 13.5. The fourth-order valence-electron chi connectivity index (χ4n) is 3.44. The summed E-state index contributed by atoms with van der Waals surface area (Å²) in [6.07, 6.45) is 3.10. The van der Waals surface area contributed by atoms with Gasteiger partial charge in [0.05, 0.1) is 12.5 Å². The summed E-state index contributed by atoms with van der Waals surface area (Å²) in [6.45, 7) is 3.87. The van der Waals surface area contributed by atoms with E-state index >= 15 is 0 Å². The van der Waals surface area contributed by atoms with Gasteiger partial charge < -0.3 is 9.84 Å². The largest absolute Gasteiger partial charge is 0.496 e. The van der Waals surface area contributed by atoms with Crippen molar-refractivity contribution in [1.29, 1.82) is 0 Å². The Hall–Kier alpha value is -1.62. The third-order valence-corrected chi connectivity index (χ3v) is 4.47. The summed E-state index contributed by atoms with van der Waals surface area (Å²) in [7, 11) is 1.56. The molecule has 1 fully saturated rings. The number of carboxylic acid groups (broad SMARTS) is 1. The van der Waals surface area contributed by atoms with E-state index < -0.39 is 11.4 Å². The number of nitrogens with zero attached hydrogens (tertiary/aromatic N) is 1. The first-order valence-corrected chi connectivity index (χ1v) is 7.79. The number of methoxy groups -OCH3 is 1. The normalized spacial score (nSPS) is 22.5. The van der Waals surface area contributed by atoms with Gasteiger partial charge in [-0.25, -0.2) is 4.39 Å². The van der Waals surface area contributed by atoms with Crippen molar-refractivity contribution < 1.29 is 19.0 Å². The Morgan fingerprint density at radius 1 is 1.50 bits per heavy atom. The molecule has 1 N–H and O–H groups in total. The number of carboxylic acids is 1. The molecule has 0 radical (unpaired) electrons. The number of likely N-dealkylation sites (tertiary alicyclic amines) is 1. The number of hydrogen-bond donors (Lipinski definition) is 1. The number of piperidine rings is 1. The summed E-state index contributed by atoms with van der Waals surface area (Å²) < 4.78 is 18.7. The molecule has 122 valence electrons. The van der Waals surface area contributed by atoms with E-state index in [-0.39, 0.29) is 5.82 Å². The van der Waals surface area contributed by atoms with E-state index in [9.17, 15) is 14.3 Å². The second kappa shape index (κ2) is 7.09. The molecular formula is C17H24FNO3. The van der Waals surface area contributed by atoms with Gasteiger partial charge in [-0.2, -0.15) is 0 Å². The molecule has 0 saturated carbocycles. The molecule has 1 aliphatic heterocycles. The molecule has 1 atom stereocenters. The molecule has 22 heavy (non-hydrogen) atoms. The van der Waals surface area contributed by atoms with Crippen LogP contribution < -0.4 is 4.74 Å². The van der Waals surface area contributed by atoms with Crippen molar-refractivity contribution in [2.75, 3.05) is 20.2 Å². The van der Waals surface area contributed by atoms with Gasteiger partial charge in [0.25, 0.3) is 0 Å². The average Bonchev–Trinajstić information content (AvgIpc) is 2.48. The monoisotopic (exact) mass is 309 g/mol. The lowest BCUT2D eigenvalue weighted by Crippen LogP contribution is -2.47. The molecule has 0 spiro atoms. The number of carbonyl (C=O) groups is 1. The first-order valence-electron chi connectivity index (χ1n) is 7.79. The Kier molecular flexibility index (Phi) is 5.40. The van der Waals surface area contributed by atoms with E-state index in [0.717, 1.165) is 24.9 Å². The van der Waals surface area contributed by atoms with Gasteiger partial charge in [-0.3, -0.25) is 9.69 Å².